The molecule has 2 aromatic carbocycles. The van der Waals surface area contributed by atoms with Crippen LogP contribution in [0.2, 0.25) is 0 Å². The van der Waals surface area contributed by atoms with E-state index in [1.165, 1.54) is 5.56 Å². The number of piperidine rings is 1. The monoisotopic (exact) mass is 372 g/mol. The Morgan fingerprint density at radius 1 is 1.04 bits per heavy atom. The van der Waals surface area contributed by atoms with Crippen molar-refractivity contribution in [3.05, 3.63) is 84.1 Å². The largest absolute Gasteiger partial charge is 0.350 e. The number of hydrogen-bond donors (Lipinski definition) is 0. The fraction of sp³-hybridized carbons (Fsp3) is 0.320. The summed E-state index contributed by atoms with van der Waals surface area (Å²) >= 11 is 0. The van der Waals surface area contributed by atoms with Crippen LogP contribution < -0.4 is 0 Å². The molecule has 1 aromatic heterocycles. The SMILES string of the molecule is Cn1cc(C(=O)C=CC2CCN(CCc3ccccc3)CC2)c2ccccc21. The van der Waals surface area contributed by atoms with Gasteiger partial charge in [0.15, 0.2) is 5.78 Å². The molecular formula is C25H28N2O. The molecule has 1 aliphatic rings. The lowest BCUT2D eigenvalue weighted by atomic mass is 9.95. The molecule has 0 unspecified atom stereocenters. The number of aryl methyl sites for hydroxylation is 1. The van der Waals surface area contributed by atoms with E-state index in [1.807, 2.05) is 36.0 Å². The smallest absolute Gasteiger partial charge is 0.187 e. The number of para-hydroxylation sites is 1. The third kappa shape index (κ3) is 4.26. The summed E-state index contributed by atoms with van der Waals surface area (Å²) < 4.78 is 2.03. The van der Waals surface area contributed by atoms with Crippen LogP contribution in [0, 0.1) is 5.92 Å². The molecule has 0 radical (unpaired) electrons. The zero-order valence-corrected chi connectivity index (χ0v) is 16.6. The normalized spacial score (nSPS) is 16.2. The summed E-state index contributed by atoms with van der Waals surface area (Å²) in [6.45, 7) is 3.35. The molecule has 3 nitrogen and oxygen atoms in total. The maximum Gasteiger partial charge on any atom is 0.187 e. The van der Waals surface area contributed by atoms with Crippen molar-refractivity contribution >= 4 is 16.7 Å². The van der Waals surface area contributed by atoms with Gasteiger partial charge in [-0.2, -0.15) is 0 Å². The van der Waals surface area contributed by atoms with E-state index in [4.69, 9.17) is 0 Å². The molecule has 3 aromatic rings. The highest BCUT2D eigenvalue weighted by Gasteiger charge is 2.18. The summed E-state index contributed by atoms with van der Waals surface area (Å²) in [7, 11) is 1.99. The topological polar surface area (TPSA) is 25.2 Å². The molecule has 0 aliphatic carbocycles. The second-order valence-electron chi connectivity index (χ2n) is 7.81. The first-order valence-electron chi connectivity index (χ1n) is 10.2. The number of carbonyl (C=O) groups excluding carboxylic acids is 1. The van der Waals surface area contributed by atoms with Crippen LogP contribution in [0.25, 0.3) is 10.9 Å². The fourth-order valence-electron chi connectivity index (χ4n) is 4.15. The van der Waals surface area contributed by atoms with Gasteiger partial charge in [-0.15, -0.1) is 0 Å². The van der Waals surface area contributed by atoms with E-state index in [-0.39, 0.29) is 5.78 Å². The molecule has 0 bridgehead atoms. The van der Waals surface area contributed by atoms with Crippen molar-refractivity contribution in [2.75, 3.05) is 19.6 Å². The summed E-state index contributed by atoms with van der Waals surface area (Å²) in [5.74, 6) is 0.621. The minimum Gasteiger partial charge on any atom is -0.350 e. The molecular weight excluding hydrogens is 344 g/mol. The second kappa shape index (κ2) is 8.57. The first-order valence-corrected chi connectivity index (χ1v) is 10.2. The number of carbonyl (C=O) groups is 1. The highest BCUT2D eigenvalue weighted by Crippen LogP contribution is 2.23. The van der Waals surface area contributed by atoms with Gasteiger partial charge in [0, 0.05) is 36.3 Å². The highest BCUT2D eigenvalue weighted by molar-refractivity contribution is 6.13. The Morgan fingerprint density at radius 2 is 1.75 bits per heavy atom. The van der Waals surface area contributed by atoms with E-state index in [0.29, 0.717) is 5.92 Å². The van der Waals surface area contributed by atoms with Crippen molar-refractivity contribution in [2.45, 2.75) is 19.3 Å². The maximum atomic E-state index is 12.7. The molecule has 0 amide bonds. The molecule has 28 heavy (non-hydrogen) atoms. The number of rotatable bonds is 6. The highest BCUT2D eigenvalue weighted by atomic mass is 16.1. The average molecular weight is 373 g/mol. The van der Waals surface area contributed by atoms with Crippen LogP contribution in [0.3, 0.4) is 0 Å². The number of ketones is 1. The lowest BCUT2D eigenvalue weighted by Crippen LogP contribution is -2.34. The number of likely N-dealkylation sites (tertiary alicyclic amines) is 1. The van der Waals surface area contributed by atoms with Crippen LogP contribution >= 0.6 is 0 Å². The predicted molar refractivity (Wildman–Crippen MR) is 116 cm³/mol. The van der Waals surface area contributed by atoms with Gasteiger partial charge in [0.1, 0.15) is 0 Å². The summed E-state index contributed by atoms with van der Waals surface area (Å²) in [6, 6.07) is 18.8. The zero-order valence-electron chi connectivity index (χ0n) is 16.6. The number of nitrogens with zero attached hydrogens (tertiary/aromatic N) is 2. The first-order chi connectivity index (χ1) is 13.7. The minimum atomic E-state index is 0.114. The fourth-order valence-corrected chi connectivity index (χ4v) is 4.15. The lowest BCUT2D eigenvalue weighted by molar-refractivity contribution is 0.104. The molecule has 0 N–H and O–H groups in total. The van der Waals surface area contributed by atoms with Gasteiger partial charge in [-0.05, 0) is 56.0 Å². The summed E-state index contributed by atoms with van der Waals surface area (Å²) in [4.78, 5) is 15.3. The van der Waals surface area contributed by atoms with Gasteiger partial charge in [0.05, 0.1) is 0 Å². The molecule has 1 saturated heterocycles. The standard InChI is InChI=1S/C25H28N2O/c1-26-19-23(22-9-5-6-10-24(22)26)25(28)12-11-21-14-17-27(18-15-21)16-13-20-7-3-2-4-8-20/h2-12,19,21H,13-18H2,1H3. The van der Waals surface area contributed by atoms with Gasteiger partial charge in [-0.1, -0.05) is 54.6 Å². The van der Waals surface area contributed by atoms with Crippen molar-refractivity contribution in [3.63, 3.8) is 0 Å². The van der Waals surface area contributed by atoms with E-state index in [0.717, 1.165) is 55.4 Å². The van der Waals surface area contributed by atoms with E-state index >= 15 is 0 Å². The van der Waals surface area contributed by atoms with E-state index in [2.05, 4.69) is 47.4 Å². The second-order valence-corrected chi connectivity index (χ2v) is 7.81. The van der Waals surface area contributed by atoms with E-state index in [9.17, 15) is 4.79 Å². The average Bonchev–Trinajstić information content (AvgIpc) is 3.09. The molecule has 3 heteroatoms. The number of aromatic nitrogens is 1. The Morgan fingerprint density at radius 3 is 2.54 bits per heavy atom. The van der Waals surface area contributed by atoms with Crippen LogP contribution in [0.4, 0.5) is 0 Å². The molecule has 0 spiro atoms. The van der Waals surface area contributed by atoms with Gasteiger partial charge in [0.25, 0.3) is 0 Å². The van der Waals surface area contributed by atoms with Gasteiger partial charge in [-0.3, -0.25) is 4.79 Å². The Hall–Kier alpha value is -2.65. The summed E-state index contributed by atoms with van der Waals surface area (Å²) in [5, 5.41) is 1.04. The van der Waals surface area contributed by atoms with E-state index < -0.39 is 0 Å². The lowest BCUT2D eigenvalue weighted by Gasteiger charge is -2.30. The molecule has 144 valence electrons. The van der Waals surface area contributed by atoms with Crippen molar-refractivity contribution in [3.8, 4) is 0 Å². The molecule has 2 heterocycles. The third-order valence-electron chi connectivity index (χ3n) is 5.87. The Labute approximate surface area is 167 Å². The first kappa shape index (κ1) is 18.7. The number of benzene rings is 2. The number of hydrogen-bond acceptors (Lipinski definition) is 2. The van der Waals surface area contributed by atoms with Crippen LogP contribution in [0.15, 0.2) is 72.9 Å². The number of fused-ring (bicyclic) bond motifs is 1. The quantitative estimate of drug-likeness (QED) is 0.455. The summed E-state index contributed by atoms with van der Waals surface area (Å²) in [5.41, 5.74) is 3.31. The van der Waals surface area contributed by atoms with Gasteiger partial charge in [0.2, 0.25) is 0 Å². The summed E-state index contributed by atoms with van der Waals surface area (Å²) in [6.07, 6.45) is 9.26. The van der Waals surface area contributed by atoms with Crippen molar-refractivity contribution in [2.24, 2.45) is 13.0 Å². The Kier molecular flexibility index (Phi) is 5.73. The van der Waals surface area contributed by atoms with Crippen LogP contribution in [-0.2, 0) is 13.5 Å². The van der Waals surface area contributed by atoms with Gasteiger partial charge < -0.3 is 9.47 Å². The van der Waals surface area contributed by atoms with E-state index in [1.54, 1.807) is 6.08 Å². The van der Waals surface area contributed by atoms with Crippen LogP contribution in [0.5, 0.6) is 0 Å². The Balaban J connectivity index is 1.30. The molecule has 1 fully saturated rings. The van der Waals surface area contributed by atoms with Gasteiger partial charge >= 0.3 is 0 Å². The number of allylic oxidation sites excluding steroid dienone is 2. The van der Waals surface area contributed by atoms with Crippen LogP contribution in [0.1, 0.15) is 28.8 Å². The van der Waals surface area contributed by atoms with Crippen LogP contribution in [-0.4, -0.2) is 34.9 Å². The molecule has 4 rings (SSSR count). The Bertz CT molecular complexity index is 963. The van der Waals surface area contributed by atoms with Crippen molar-refractivity contribution < 1.29 is 4.79 Å². The van der Waals surface area contributed by atoms with Crippen molar-refractivity contribution in [1.29, 1.82) is 0 Å². The minimum absolute atomic E-state index is 0.114. The third-order valence-corrected chi connectivity index (χ3v) is 5.87. The molecule has 0 atom stereocenters. The maximum absolute atomic E-state index is 12.7. The van der Waals surface area contributed by atoms with Gasteiger partial charge in [-0.25, -0.2) is 0 Å². The van der Waals surface area contributed by atoms with Crippen molar-refractivity contribution in [1.82, 2.24) is 9.47 Å². The zero-order chi connectivity index (χ0) is 19.3. The predicted octanol–water partition coefficient (Wildman–Crippen LogP) is 4.87. The molecule has 1 aliphatic heterocycles. The molecule has 0 saturated carbocycles.